The largest absolute Gasteiger partial charge is 0.480 e. The maximum absolute atomic E-state index is 12.0. The summed E-state index contributed by atoms with van der Waals surface area (Å²) in [6, 6.07) is 8.21. The Balaban J connectivity index is 1.79. The number of rotatable bonds is 6. The third kappa shape index (κ3) is 4.07. The molecule has 0 saturated carbocycles. The zero-order chi connectivity index (χ0) is 15.2. The van der Waals surface area contributed by atoms with Crippen molar-refractivity contribution < 1.29 is 19.5 Å². The van der Waals surface area contributed by atoms with Crippen LogP contribution in [0.2, 0.25) is 0 Å². The van der Waals surface area contributed by atoms with Crippen molar-refractivity contribution >= 4 is 29.4 Å². The second-order valence-electron chi connectivity index (χ2n) is 4.87. The van der Waals surface area contributed by atoms with Crippen molar-refractivity contribution in [2.24, 2.45) is 0 Å². The van der Waals surface area contributed by atoms with Gasteiger partial charge in [0.1, 0.15) is 6.04 Å². The van der Waals surface area contributed by atoms with E-state index in [1.807, 2.05) is 6.07 Å². The molecule has 0 aliphatic carbocycles. The van der Waals surface area contributed by atoms with Crippen LogP contribution in [0.15, 0.2) is 30.3 Å². The lowest BCUT2D eigenvalue weighted by Crippen LogP contribution is -2.41. The molecule has 1 aromatic rings. The molecule has 0 radical (unpaired) electrons. The van der Waals surface area contributed by atoms with Crippen LogP contribution in [0.1, 0.15) is 23.2 Å². The molecule has 0 aromatic heterocycles. The lowest BCUT2D eigenvalue weighted by Gasteiger charge is -2.21. The second-order valence-corrected chi connectivity index (χ2v) is 5.85. The van der Waals surface area contributed by atoms with E-state index < -0.39 is 12.0 Å². The van der Waals surface area contributed by atoms with Crippen LogP contribution >= 0.6 is 11.8 Å². The molecule has 1 N–H and O–H groups in total. The molecule has 2 rings (SSSR count). The molecule has 1 amide bonds. The normalized spacial score (nSPS) is 17.7. The molecule has 1 heterocycles. The van der Waals surface area contributed by atoms with E-state index in [4.69, 9.17) is 5.11 Å². The number of aliphatic carboxylic acids is 1. The van der Waals surface area contributed by atoms with Gasteiger partial charge in [0.15, 0.2) is 5.78 Å². The summed E-state index contributed by atoms with van der Waals surface area (Å²) in [5.74, 6) is -0.814. The number of carbonyl (C=O) groups excluding carboxylic acids is 2. The fourth-order valence-corrected chi connectivity index (χ4v) is 3.14. The van der Waals surface area contributed by atoms with Gasteiger partial charge in [-0.25, -0.2) is 4.79 Å². The standard InChI is InChI=1S/C15H17NO4S/c17-13(11-5-2-1-3-6-11)9-21-10-14(18)16-8-4-7-12(16)15(19)20/h1-3,5-6,12H,4,7-10H2,(H,19,20). The quantitative estimate of drug-likeness (QED) is 0.809. The van der Waals surface area contributed by atoms with Gasteiger partial charge in [0.2, 0.25) is 5.91 Å². The van der Waals surface area contributed by atoms with Gasteiger partial charge in [0.25, 0.3) is 0 Å². The Morgan fingerprint density at radius 2 is 1.90 bits per heavy atom. The van der Waals surface area contributed by atoms with Crippen molar-refractivity contribution in [2.75, 3.05) is 18.1 Å². The first-order chi connectivity index (χ1) is 10.1. The van der Waals surface area contributed by atoms with Crippen LogP contribution in [0, 0.1) is 0 Å². The van der Waals surface area contributed by atoms with E-state index in [1.165, 1.54) is 16.7 Å². The number of carbonyl (C=O) groups is 3. The van der Waals surface area contributed by atoms with Crippen molar-refractivity contribution in [1.82, 2.24) is 4.90 Å². The number of hydrogen-bond donors (Lipinski definition) is 1. The number of amides is 1. The Labute approximate surface area is 127 Å². The molecule has 1 atom stereocenters. The maximum Gasteiger partial charge on any atom is 0.326 e. The van der Waals surface area contributed by atoms with Gasteiger partial charge >= 0.3 is 5.97 Å². The lowest BCUT2D eigenvalue weighted by atomic mass is 10.2. The monoisotopic (exact) mass is 307 g/mol. The number of ketones is 1. The topological polar surface area (TPSA) is 74.7 Å². The lowest BCUT2D eigenvalue weighted by molar-refractivity contribution is -0.147. The van der Waals surface area contributed by atoms with Crippen molar-refractivity contribution in [2.45, 2.75) is 18.9 Å². The number of benzene rings is 1. The van der Waals surface area contributed by atoms with Crippen molar-refractivity contribution in [3.05, 3.63) is 35.9 Å². The summed E-state index contributed by atoms with van der Waals surface area (Å²) in [5.41, 5.74) is 0.627. The fourth-order valence-electron chi connectivity index (χ4n) is 2.34. The maximum atomic E-state index is 12.0. The number of carboxylic acid groups (broad SMARTS) is 1. The number of thioether (sulfide) groups is 1. The van der Waals surface area contributed by atoms with Gasteiger partial charge in [-0.2, -0.15) is 0 Å². The van der Waals surface area contributed by atoms with Crippen LogP contribution in [0.5, 0.6) is 0 Å². The summed E-state index contributed by atoms with van der Waals surface area (Å²) in [5, 5.41) is 9.04. The minimum Gasteiger partial charge on any atom is -0.480 e. The molecule has 0 bridgehead atoms. The zero-order valence-electron chi connectivity index (χ0n) is 11.5. The fraction of sp³-hybridized carbons (Fsp3) is 0.400. The van der Waals surface area contributed by atoms with Gasteiger partial charge in [-0.3, -0.25) is 9.59 Å². The van der Waals surface area contributed by atoms with E-state index in [-0.39, 0.29) is 23.2 Å². The summed E-state index contributed by atoms with van der Waals surface area (Å²) in [7, 11) is 0. The summed E-state index contributed by atoms with van der Waals surface area (Å²) in [6.07, 6.45) is 1.23. The molecule has 21 heavy (non-hydrogen) atoms. The van der Waals surface area contributed by atoms with Crippen molar-refractivity contribution in [3.63, 3.8) is 0 Å². The first-order valence-electron chi connectivity index (χ1n) is 6.78. The number of nitrogens with zero attached hydrogens (tertiary/aromatic N) is 1. The Hall–Kier alpha value is -1.82. The second kappa shape index (κ2) is 7.26. The molecule has 112 valence electrons. The molecular formula is C15H17NO4S. The van der Waals surface area contributed by atoms with E-state index in [0.29, 0.717) is 18.5 Å². The third-order valence-corrected chi connectivity index (χ3v) is 4.33. The van der Waals surface area contributed by atoms with Crippen LogP contribution < -0.4 is 0 Å². The molecule has 6 heteroatoms. The third-order valence-electron chi connectivity index (χ3n) is 3.41. The van der Waals surface area contributed by atoms with Gasteiger partial charge in [-0.1, -0.05) is 30.3 Å². The molecule has 1 aliphatic heterocycles. The molecule has 1 unspecified atom stereocenters. The van der Waals surface area contributed by atoms with Gasteiger partial charge in [0.05, 0.1) is 11.5 Å². The predicted molar refractivity (Wildman–Crippen MR) is 80.5 cm³/mol. The van der Waals surface area contributed by atoms with Crippen molar-refractivity contribution in [1.29, 1.82) is 0 Å². The SMILES string of the molecule is O=C(CSCC(=O)N1CCCC1C(=O)O)c1ccccc1. The molecule has 0 spiro atoms. The summed E-state index contributed by atoms with van der Waals surface area (Å²) in [4.78, 5) is 36.3. The molecule has 1 aliphatic rings. The van der Waals surface area contributed by atoms with Crippen molar-refractivity contribution in [3.8, 4) is 0 Å². The summed E-state index contributed by atoms with van der Waals surface area (Å²) >= 11 is 1.23. The number of hydrogen-bond acceptors (Lipinski definition) is 4. The smallest absolute Gasteiger partial charge is 0.326 e. The average Bonchev–Trinajstić information content (AvgIpc) is 2.97. The van der Waals surface area contributed by atoms with E-state index in [0.717, 1.165) is 6.42 Å². The Morgan fingerprint density at radius 1 is 1.19 bits per heavy atom. The van der Waals surface area contributed by atoms with E-state index in [2.05, 4.69) is 0 Å². The van der Waals surface area contributed by atoms with Gasteiger partial charge in [0, 0.05) is 12.1 Å². The highest BCUT2D eigenvalue weighted by molar-refractivity contribution is 8.00. The van der Waals surface area contributed by atoms with E-state index >= 15 is 0 Å². The van der Waals surface area contributed by atoms with Crippen LogP contribution in [0.3, 0.4) is 0 Å². The van der Waals surface area contributed by atoms with Crippen LogP contribution in [0.4, 0.5) is 0 Å². The van der Waals surface area contributed by atoms with Crippen LogP contribution in [-0.2, 0) is 9.59 Å². The summed E-state index contributed by atoms with van der Waals surface area (Å²) < 4.78 is 0. The molecule has 1 saturated heterocycles. The van der Waals surface area contributed by atoms with Crippen LogP contribution in [0.25, 0.3) is 0 Å². The van der Waals surface area contributed by atoms with Gasteiger partial charge < -0.3 is 10.0 Å². The molecular weight excluding hydrogens is 290 g/mol. The zero-order valence-corrected chi connectivity index (χ0v) is 12.3. The Kier molecular flexibility index (Phi) is 5.38. The summed E-state index contributed by atoms with van der Waals surface area (Å²) in [6.45, 7) is 0.489. The van der Waals surface area contributed by atoms with Crippen LogP contribution in [-0.4, -0.2) is 51.8 Å². The average molecular weight is 307 g/mol. The number of carboxylic acids is 1. The molecule has 1 aromatic carbocycles. The highest BCUT2D eigenvalue weighted by Crippen LogP contribution is 2.19. The molecule has 1 fully saturated rings. The van der Waals surface area contributed by atoms with E-state index in [1.54, 1.807) is 24.3 Å². The highest BCUT2D eigenvalue weighted by atomic mass is 32.2. The first kappa shape index (κ1) is 15.6. The van der Waals surface area contributed by atoms with E-state index in [9.17, 15) is 14.4 Å². The van der Waals surface area contributed by atoms with Gasteiger partial charge in [-0.05, 0) is 12.8 Å². The number of Topliss-reactive ketones (excluding diaryl/α,β-unsaturated/α-hetero) is 1. The predicted octanol–water partition coefficient (Wildman–Crippen LogP) is 1.68. The molecule has 5 nitrogen and oxygen atoms in total. The Morgan fingerprint density at radius 3 is 2.57 bits per heavy atom. The minimum absolute atomic E-state index is 0.0235. The first-order valence-corrected chi connectivity index (χ1v) is 7.93. The Bertz CT molecular complexity index is 532. The number of likely N-dealkylation sites (tertiary alicyclic amines) is 1. The van der Waals surface area contributed by atoms with Gasteiger partial charge in [-0.15, -0.1) is 11.8 Å². The highest BCUT2D eigenvalue weighted by Gasteiger charge is 2.33. The minimum atomic E-state index is -0.953.